The molecule has 0 aliphatic rings. The number of aromatic nitrogens is 3. The summed E-state index contributed by atoms with van der Waals surface area (Å²) in [4.78, 5) is 12.4. The minimum absolute atomic E-state index is 0.0591. The molecule has 0 bridgehead atoms. The first-order valence-electron chi connectivity index (χ1n) is 11.0. The molecule has 5 nitrogen and oxygen atoms in total. The van der Waals surface area contributed by atoms with Gasteiger partial charge in [0.1, 0.15) is 0 Å². The van der Waals surface area contributed by atoms with Gasteiger partial charge in [0.05, 0.1) is 16.8 Å². The summed E-state index contributed by atoms with van der Waals surface area (Å²) in [5.74, 6) is 1.27. The number of hydrogen-bond donors (Lipinski definition) is 1. The Bertz CT molecular complexity index is 1250. The lowest BCUT2D eigenvalue weighted by Crippen LogP contribution is -2.31. The van der Waals surface area contributed by atoms with Crippen molar-refractivity contribution in [2.24, 2.45) is 0 Å². The highest BCUT2D eigenvalue weighted by Gasteiger charge is 2.25. The Morgan fingerprint density at radius 3 is 2.29 bits per heavy atom. The minimum atomic E-state index is -0.389. The Hall–Kier alpha value is -2.80. The van der Waals surface area contributed by atoms with Crippen LogP contribution in [-0.4, -0.2) is 20.7 Å². The molecule has 0 saturated carbocycles. The van der Waals surface area contributed by atoms with E-state index in [0.29, 0.717) is 39.6 Å². The number of nitrogens with zero attached hydrogens (tertiary/aromatic N) is 3. The molecule has 1 atom stereocenters. The van der Waals surface area contributed by atoms with E-state index in [9.17, 15) is 4.79 Å². The van der Waals surface area contributed by atoms with Gasteiger partial charge in [0.25, 0.3) is 0 Å². The van der Waals surface area contributed by atoms with Crippen LogP contribution < -0.4 is 5.32 Å². The Labute approximate surface area is 213 Å². The van der Waals surface area contributed by atoms with Crippen LogP contribution in [0, 0.1) is 0 Å². The van der Waals surface area contributed by atoms with E-state index in [4.69, 9.17) is 23.2 Å². The van der Waals surface area contributed by atoms with Crippen molar-refractivity contribution in [3.8, 4) is 5.69 Å². The SMILES string of the molecule is CCC(=O)NC(Cc1ccccc1)c1nnc(SCc2ccccc2)n1-c1ccc(Cl)cc1Cl. The van der Waals surface area contributed by atoms with Crippen LogP contribution in [0.25, 0.3) is 5.69 Å². The van der Waals surface area contributed by atoms with Crippen LogP contribution in [0.15, 0.2) is 84.0 Å². The summed E-state index contributed by atoms with van der Waals surface area (Å²) < 4.78 is 1.93. The van der Waals surface area contributed by atoms with Gasteiger partial charge in [-0.25, -0.2) is 0 Å². The summed E-state index contributed by atoms with van der Waals surface area (Å²) in [6, 6.07) is 25.1. The Morgan fingerprint density at radius 2 is 1.65 bits per heavy atom. The van der Waals surface area contributed by atoms with Gasteiger partial charge >= 0.3 is 0 Å². The van der Waals surface area contributed by atoms with E-state index >= 15 is 0 Å². The minimum Gasteiger partial charge on any atom is -0.346 e. The van der Waals surface area contributed by atoms with Gasteiger partial charge in [-0.1, -0.05) is 103 Å². The predicted molar refractivity (Wildman–Crippen MR) is 139 cm³/mol. The first kappa shape index (κ1) is 24.3. The Morgan fingerprint density at radius 1 is 0.971 bits per heavy atom. The van der Waals surface area contributed by atoms with Crippen LogP contribution in [0.4, 0.5) is 0 Å². The van der Waals surface area contributed by atoms with Crippen LogP contribution in [-0.2, 0) is 17.0 Å². The molecular weight excluding hydrogens is 487 g/mol. The largest absolute Gasteiger partial charge is 0.346 e. The van der Waals surface area contributed by atoms with Crippen LogP contribution in [0.5, 0.6) is 0 Å². The van der Waals surface area contributed by atoms with Gasteiger partial charge in [-0.05, 0) is 35.7 Å². The fourth-order valence-electron chi connectivity index (χ4n) is 3.56. The van der Waals surface area contributed by atoms with E-state index in [1.807, 2.05) is 66.1 Å². The first-order chi connectivity index (χ1) is 16.5. The van der Waals surface area contributed by atoms with Crippen molar-refractivity contribution in [2.75, 3.05) is 0 Å². The summed E-state index contributed by atoms with van der Waals surface area (Å²) in [7, 11) is 0. The third-order valence-electron chi connectivity index (χ3n) is 5.27. The van der Waals surface area contributed by atoms with E-state index in [0.717, 1.165) is 11.3 Å². The third kappa shape index (κ3) is 6.00. The highest BCUT2D eigenvalue weighted by molar-refractivity contribution is 7.98. The fraction of sp³-hybridized carbons (Fsp3) is 0.192. The number of halogens is 2. The molecule has 0 saturated heterocycles. The summed E-state index contributed by atoms with van der Waals surface area (Å²) in [5.41, 5.74) is 2.97. The standard InChI is InChI=1S/C26H24Cl2N4OS/c1-2-24(33)29-22(15-18-9-5-3-6-10-18)25-30-31-26(34-17-19-11-7-4-8-12-19)32(25)23-14-13-20(27)16-21(23)28/h3-14,16,22H,2,15,17H2,1H3,(H,29,33). The number of carbonyl (C=O) groups is 1. The number of benzene rings is 3. The summed E-state index contributed by atoms with van der Waals surface area (Å²) in [5, 5.41) is 13.9. The maximum Gasteiger partial charge on any atom is 0.220 e. The number of amides is 1. The number of hydrogen-bond acceptors (Lipinski definition) is 4. The van der Waals surface area contributed by atoms with Crippen LogP contribution in [0.3, 0.4) is 0 Å². The smallest absolute Gasteiger partial charge is 0.220 e. The van der Waals surface area contributed by atoms with Gasteiger partial charge < -0.3 is 5.32 Å². The van der Waals surface area contributed by atoms with Gasteiger partial charge in [0, 0.05) is 17.2 Å². The van der Waals surface area contributed by atoms with Gasteiger partial charge in [-0.3, -0.25) is 9.36 Å². The second-order valence-electron chi connectivity index (χ2n) is 7.71. The molecule has 34 heavy (non-hydrogen) atoms. The quantitative estimate of drug-likeness (QED) is 0.255. The number of carbonyl (C=O) groups excluding carboxylic acids is 1. The second kappa shape index (κ2) is 11.6. The van der Waals surface area contributed by atoms with Crippen molar-refractivity contribution < 1.29 is 4.79 Å². The second-order valence-corrected chi connectivity index (χ2v) is 9.50. The van der Waals surface area contributed by atoms with E-state index in [-0.39, 0.29) is 11.9 Å². The Kier molecular flexibility index (Phi) is 8.27. The molecule has 4 aromatic rings. The van der Waals surface area contributed by atoms with Crippen molar-refractivity contribution in [3.63, 3.8) is 0 Å². The number of nitrogens with one attached hydrogen (secondary N) is 1. The molecule has 0 aliphatic heterocycles. The predicted octanol–water partition coefficient (Wildman–Crippen LogP) is 6.68. The van der Waals surface area contributed by atoms with Crippen molar-refractivity contribution in [3.05, 3.63) is 106 Å². The molecule has 0 spiro atoms. The van der Waals surface area contributed by atoms with Gasteiger partial charge in [-0.15, -0.1) is 10.2 Å². The van der Waals surface area contributed by atoms with E-state index in [1.54, 1.807) is 23.9 Å². The van der Waals surface area contributed by atoms with Crippen molar-refractivity contribution in [1.29, 1.82) is 0 Å². The third-order valence-corrected chi connectivity index (χ3v) is 6.81. The molecule has 0 fully saturated rings. The highest BCUT2D eigenvalue weighted by Crippen LogP contribution is 2.33. The summed E-state index contributed by atoms with van der Waals surface area (Å²) in [6.07, 6.45) is 0.940. The molecule has 0 aliphatic carbocycles. The summed E-state index contributed by atoms with van der Waals surface area (Å²) >= 11 is 14.4. The lowest BCUT2D eigenvalue weighted by Gasteiger charge is -2.20. The van der Waals surface area contributed by atoms with Crippen LogP contribution in [0.1, 0.15) is 36.3 Å². The maximum atomic E-state index is 12.4. The topological polar surface area (TPSA) is 59.8 Å². The molecule has 1 N–H and O–H groups in total. The molecule has 1 unspecified atom stereocenters. The zero-order valence-corrected chi connectivity index (χ0v) is 20.9. The van der Waals surface area contributed by atoms with Crippen molar-refractivity contribution >= 4 is 40.9 Å². The molecule has 1 amide bonds. The molecule has 0 radical (unpaired) electrons. The number of thioether (sulfide) groups is 1. The highest BCUT2D eigenvalue weighted by atomic mass is 35.5. The zero-order valence-electron chi connectivity index (χ0n) is 18.6. The molecule has 1 heterocycles. The summed E-state index contributed by atoms with van der Waals surface area (Å²) in [6.45, 7) is 1.83. The van der Waals surface area contributed by atoms with E-state index in [2.05, 4.69) is 27.6 Å². The van der Waals surface area contributed by atoms with E-state index < -0.39 is 0 Å². The molecule has 174 valence electrons. The molecule has 1 aromatic heterocycles. The fourth-order valence-corrected chi connectivity index (χ4v) is 4.97. The van der Waals surface area contributed by atoms with Gasteiger partial charge in [0.15, 0.2) is 11.0 Å². The molecule has 4 rings (SSSR count). The van der Waals surface area contributed by atoms with Crippen LogP contribution in [0.2, 0.25) is 10.0 Å². The first-order valence-corrected chi connectivity index (χ1v) is 12.7. The average Bonchev–Trinajstić information content (AvgIpc) is 3.27. The molecule has 8 heteroatoms. The van der Waals surface area contributed by atoms with Gasteiger partial charge in [0.2, 0.25) is 5.91 Å². The maximum absolute atomic E-state index is 12.4. The van der Waals surface area contributed by atoms with Crippen molar-refractivity contribution in [1.82, 2.24) is 20.1 Å². The normalized spacial score (nSPS) is 11.9. The molecule has 3 aromatic carbocycles. The Balaban J connectivity index is 1.77. The molecular formula is C26H24Cl2N4OS. The monoisotopic (exact) mass is 510 g/mol. The lowest BCUT2D eigenvalue weighted by atomic mass is 10.0. The van der Waals surface area contributed by atoms with Crippen LogP contribution >= 0.6 is 35.0 Å². The zero-order chi connectivity index (χ0) is 23.9. The van der Waals surface area contributed by atoms with E-state index in [1.165, 1.54) is 5.56 Å². The van der Waals surface area contributed by atoms with Gasteiger partial charge in [-0.2, -0.15) is 0 Å². The lowest BCUT2D eigenvalue weighted by molar-refractivity contribution is -0.121. The average molecular weight is 511 g/mol. The number of rotatable bonds is 9. The van der Waals surface area contributed by atoms with Crippen molar-refractivity contribution in [2.45, 2.75) is 36.7 Å².